The molecule has 3 aromatic rings. The van der Waals surface area contributed by atoms with E-state index in [-0.39, 0.29) is 17.7 Å². The molecule has 1 aliphatic heterocycles. The van der Waals surface area contributed by atoms with Gasteiger partial charge in [-0.05, 0) is 59.4 Å². The van der Waals surface area contributed by atoms with E-state index in [2.05, 4.69) is 53.4 Å². The first-order chi connectivity index (χ1) is 18.9. The van der Waals surface area contributed by atoms with Gasteiger partial charge < -0.3 is 20.4 Å². The summed E-state index contributed by atoms with van der Waals surface area (Å²) in [6, 6.07) is 19.3. The van der Waals surface area contributed by atoms with Gasteiger partial charge in [0.1, 0.15) is 18.1 Å². The third kappa shape index (κ3) is 6.96. The maximum atomic E-state index is 13.6. The molecular formula is C31H35N5O3. The molecule has 4 rings (SSSR count). The number of benzene rings is 2. The average molecular weight is 526 g/mol. The van der Waals surface area contributed by atoms with Crippen LogP contribution in [0.4, 0.5) is 0 Å². The van der Waals surface area contributed by atoms with E-state index in [4.69, 9.17) is 10.1 Å². The molecule has 2 heterocycles. The van der Waals surface area contributed by atoms with Gasteiger partial charge in [0.25, 0.3) is 5.91 Å². The van der Waals surface area contributed by atoms with Crippen LogP contribution in [-0.2, 0) is 16.2 Å². The van der Waals surface area contributed by atoms with Crippen LogP contribution in [0.25, 0.3) is 0 Å². The minimum Gasteiger partial charge on any atom is -0.489 e. The standard InChI is InChI=1S/C31H35N5O3/c1-21(2)24-6-4-23(5-7-24)19-39-27-10-8-25(9-11-27)28(29(32)26-12-14-33-15-13-26)30-31(38)36(17-16-34-30)18-22(3)35-20-37/h4-15,20-22,28,32H,16-19H2,1-3H3,(H,35,37). The summed E-state index contributed by atoms with van der Waals surface area (Å²) >= 11 is 0. The Hall–Kier alpha value is -4.33. The number of amides is 2. The van der Waals surface area contributed by atoms with E-state index in [0.717, 1.165) is 11.1 Å². The Bertz CT molecular complexity index is 1300. The lowest BCUT2D eigenvalue weighted by atomic mass is 9.85. The quantitative estimate of drug-likeness (QED) is 0.271. The number of aliphatic imine (C=N–C) groups is 1. The van der Waals surface area contributed by atoms with Gasteiger partial charge in [-0.15, -0.1) is 0 Å². The third-order valence-electron chi connectivity index (χ3n) is 6.82. The van der Waals surface area contributed by atoms with Gasteiger partial charge in [0.2, 0.25) is 6.41 Å². The molecule has 0 saturated carbocycles. The molecule has 2 N–H and O–H groups in total. The highest BCUT2D eigenvalue weighted by Gasteiger charge is 2.34. The van der Waals surface area contributed by atoms with Crippen molar-refractivity contribution < 1.29 is 14.3 Å². The fourth-order valence-electron chi connectivity index (χ4n) is 4.59. The molecule has 0 saturated heterocycles. The predicted molar refractivity (Wildman–Crippen MR) is 153 cm³/mol. The first-order valence-electron chi connectivity index (χ1n) is 13.2. The summed E-state index contributed by atoms with van der Waals surface area (Å²) < 4.78 is 6.02. The first-order valence-corrected chi connectivity index (χ1v) is 13.2. The molecule has 8 heteroatoms. The highest BCUT2D eigenvalue weighted by molar-refractivity contribution is 6.46. The van der Waals surface area contributed by atoms with Gasteiger partial charge >= 0.3 is 0 Å². The van der Waals surface area contributed by atoms with E-state index >= 15 is 0 Å². The van der Waals surface area contributed by atoms with Crippen LogP contribution in [0, 0.1) is 5.41 Å². The SMILES string of the molecule is CC(CN1CCN=C(C(C(=N)c2ccncc2)c2ccc(OCc3ccc(C(C)C)cc3)cc2)C1=O)NC=O. The molecule has 0 fully saturated rings. The van der Waals surface area contributed by atoms with Crippen LogP contribution in [0.5, 0.6) is 5.75 Å². The number of aromatic nitrogens is 1. The zero-order valence-corrected chi connectivity index (χ0v) is 22.6. The molecule has 0 spiro atoms. The van der Waals surface area contributed by atoms with Crippen molar-refractivity contribution in [3.63, 3.8) is 0 Å². The second-order valence-electron chi connectivity index (χ2n) is 10.0. The van der Waals surface area contributed by atoms with Crippen molar-refractivity contribution in [3.8, 4) is 5.75 Å². The highest BCUT2D eigenvalue weighted by Crippen LogP contribution is 2.28. The summed E-state index contributed by atoms with van der Waals surface area (Å²) in [7, 11) is 0. The van der Waals surface area contributed by atoms with Gasteiger partial charge in [-0.3, -0.25) is 19.6 Å². The van der Waals surface area contributed by atoms with Crippen molar-refractivity contribution in [2.75, 3.05) is 19.6 Å². The van der Waals surface area contributed by atoms with Gasteiger partial charge in [-0.1, -0.05) is 50.2 Å². The van der Waals surface area contributed by atoms with Gasteiger partial charge in [-0.25, -0.2) is 0 Å². The maximum absolute atomic E-state index is 13.6. The number of hydrogen-bond donors (Lipinski definition) is 2. The Morgan fingerprint density at radius 2 is 1.69 bits per heavy atom. The minimum absolute atomic E-state index is 0.193. The predicted octanol–water partition coefficient (Wildman–Crippen LogP) is 4.35. The smallest absolute Gasteiger partial charge is 0.268 e. The lowest BCUT2D eigenvalue weighted by molar-refractivity contribution is -0.125. The molecule has 1 aliphatic rings. The van der Waals surface area contributed by atoms with Crippen LogP contribution in [0.3, 0.4) is 0 Å². The minimum atomic E-state index is -0.658. The molecule has 8 nitrogen and oxygen atoms in total. The molecule has 0 aliphatic carbocycles. The molecule has 0 radical (unpaired) electrons. The number of rotatable bonds is 12. The van der Waals surface area contributed by atoms with Gasteiger partial charge in [0, 0.05) is 31.5 Å². The Kier molecular flexibility index (Phi) is 9.20. The average Bonchev–Trinajstić information content (AvgIpc) is 2.95. The fourth-order valence-corrected chi connectivity index (χ4v) is 4.59. The molecule has 39 heavy (non-hydrogen) atoms. The summed E-state index contributed by atoms with van der Waals surface area (Å²) in [5.74, 6) is 0.299. The number of pyridine rings is 1. The molecule has 0 bridgehead atoms. The van der Waals surface area contributed by atoms with Crippen molar-refractivity contribution in [1.29, 1.82) is 5.41 Å². The molecule has 2 unspecified atom stereocenters. The van der Waals surface area contributed by atoms with Crippen molar-refractivity contribution in [3.05, 3.63) is 95.3 Å². The largest absolute Gasteiger partial charge is 0.489 e. The van der Waals surface area contributed by atoms with E-state index < -0.39 is 5.92 Å². The van der Waals surface area contributed by atoms with Gasteiger partial charge in [0.05, 0.1) is 18.2 Å². The lowest BCUT2D eigenvalue weighted by Gasteiger charge is -2.32. The van der Waals surface area contributed by atoms with E-state index in [1.807, 2.05) is 31.2 Å². The molecule has 202 valence electrons. The number of ether oxygens (including phenoxy) is 1. The summed E-state index contributed by atoms with van der Waals surface area (Å²) in [6.45, 7) is 7.91. The molecule has 2 atom stereocenters. The Morgan fingerprint density at radius 1 is 1.03 bits per heavy atom. The molecule has 1 aromatic heterocycles. The molecule has 2 amide bonds. The monoisotopic (exact) mass is 525 g/mol. The van der Waals surface area contributed by atoms with Crippen LogP contribution in [0.1, 0.15) is 54.9 Å². The van der Waals surface area contributed by atoms with E-state index in [9.17, 15) is 9.59 Å². The van der Waals surface area contributed by atoms with Crippen LogP contribution < -0.4 is 10.1 Å². The van der Waals surface area contributed by atoms with Crippen molar-refractivity contribution in [1.82, 2.24) is 15.2 Å². The lowest BCUT2D eigenvalue weighted by Crippen LogP contribution is -2.50. The number of nitrogens with zero attached hydrogens (tertiary/aromatic N) is 3. The van der Waals surface area contributed by atoms with Crippen molar-refractivity contribution in [2.24, 2.45) is 4.99 Å². The molecular weight excluding hydrogens is 490 g/mol. The number of carbonyl (C=O) groups excluding carboxylic acids is 2. The molecule has 2 aromatic carbocycles. The van der Waals surface area contributed by atoms with Crippen LogP contribution in [0.15, 0.2) is 78.0 Å². The zero-order valence-electron chi connectivity index (χ0n) is 22.6. The fraction of sp³-hybridized carbons (Fsp3) is 0.323. The maximum Gasteiger partial charge on any atom is 0.268 e. The van der Waals surface area contributed by atoms with E-state index in [1.165, 1.54) is 5.56 Å². The van der Waals surface area contributed by atoms with E-state index in [1.54, 1.807) is 29.4 Å². The normalized spacial score (nSPS) is 14.9. The summed E-state index contributed by atoms with van der Waals surface area (Å²) in [5.41, 5.74) is 4.41. The Balaban J connectivity index is 1.56. The summed E-state index contributed by atoms with van der Waals surface area (Å²) in [4.78, 5) is 34.8. The van der Waals surface area contributed by atoms with Crippen molar-refractivity contribution >= 4 is 23.7 Å². The second kappa shape index (κ2) is 13.0. The number of nitrogens with one attached hydrogen (secondary N) is 2. The Morgan fingerprint density at radius 3 is 2.33 bits per heavy atom. The number of carbonyl (C=O) groups is 2. The highest BCUT2D eigenvalue weighted by atomic mass is 16.5. The zero-order chi connectivity index (χ0) is 27.8. The number of hydrogen-bond acceptors (Lipinski definition) is 6. The first kappa shape index (κ1) is 27.7. The Labute approximate surface area is 229 Å². The van der Waals surface area contributed by atoms with Gasteiger partial charge in [-0.2, -0.15) is 0 Å². The van der Waals surface area contributed by atoms with Crippen LogP contribution in [0.2, 0.25) is 0 Å². The van der Waals surface area contributed by atoms with Crippen molar-refractivity contribution in [2.45, 2.75) is 45.3 Å². The summed E-state index contributed by atoms with van der Waals surface area (Å²) in [5, 5.41) is 11.7. The second-order valence-corrected chi connectivity index (χ2v) is 10.0. The van der Waals surface area contributed by atoms with E-state index in [0.29, 0.717) is 55.6 Å². The summed E-state index contributed by atoms with van der Waals surface area (Å²) in [6.07, 6.45) is 3.91. The van der Waals surface area contributed by atoms with Crippen LogP contribution in [-0.4, -0.2) is 59.3 Å². The van der Waals surface area contributed by atoms with Crippen LogP contribution >= 0.6 is 0 Å². The third-order valence-corrected chi connectivity index (χ3v) is 6.82. The van der Waals surface area contributed by atoms with Gasteiger partial charge in [0.15, 0.2) is 0 Å². The topological polar surface area (TPSA) is 108 Å².